The molecule has 3 aromatic rings. The summed E-state index contributed by atoms with van der Waals surface area (Å²) in [5.74, 6) is 5.69. The van der Waals surface area contributed by atoms with E-state index in [9.17, 15) is 19.5 Å². The van der Waals surface area contributed by atoms with Crippen molar-refractivity contribution in [2.75, 3.05) is 11.6 Å². The Morgan fingerprint density at radius 2 is 1.76 bits per heavy atom. The molecule has 170 valence electrons. The molecule has 0 aliphatic carbocycles. The Kier molecular flexibility index (Phi) is 7.80. The van der Waals surface area contributed by atoms with Gasteiger partial charge in [0.05, 0.1) is 6.54 Å². The van der Waals surface area contributed by atoms with Gasteiger partial charge in [0, 0.05) is 19.0 Å². The van der Waals surface area contributed by atoms with Crippen molar-refractivity contribution < 1.29 is 9.90 Å². The van der Waals surface area contributed by atoms with E-state index in [1.807, 2.05) is 31.2 Å². The van der Waals surface area contributed by atoms with Crippen molar-refractivity contribution >= 4 is 23.4 Å². The van der Waals surface area contributed by atoms with Crippen molar-refractivity contribution in [1.29, 1.82) is 0 Å². The largest absolute Gasteiger partial charge is 0.508 e. The molecule has 0 spiro atoms. The summed E-state index contributed by atoms with van der Waals surface area (Å²) >= 11 is 1.20. The molecule has 0 saturated heterocycles. The predicted molar refractivity (Wildman–Crippen MR) is 131 cm³/mol. The molecule has 0 radical (unpaired) electrons. The summed E-state index contributed by atoms with van der Waals surface area (Å²) in [6.45, 7) is 2.04. The first-order chi connectivity index (χ1) is 15.8. The summed E-state index contributed by atoms with van der Waals surface area (Å²) in [4.78, 5) is 38.1. The predicted octanol–water partition coefficient (Wildman–Crippen LogP) is 2.91. The number of anilines is 1. The number of benzene rings is 2. The number of thioether (sulfide) groups is 1. The Bertz CT molecular complexity index is 1330. The molecule has 33 heavy (non-hydrogen) atoms. The number of phenols is 1. The lowest BCUT2D eigenvalue weighted by atomic mass is 10.1. The van der Waals surface area contributed by atoms with E-state index < -0.39 is 11.2 Å². The number of carbonyl (C=O) groups is 1. The zero-order valence-corrected chi connectivity index (χ0v) is 19.5. The summed E-state index contributed by atoms with van der Waals surface area (Å²) in [7, 11) is 1.38. The van der Waals surface area contributed by atoms with E-state index in [0.29, 0.717) is 17.0 Å². The van der Waals surface area contributed by atoms with Gasteiger partial charge in [0.25, 0.3) is 5.56 Å². The summed E-state index contributed by atoms with van der Waals surface area (Å²) in [5, 5.41) is 12.4. The Morgan fingerprint density at radius 1 is 1.09 bits per heavy atom. The molecule has 0 saturated carbocycles. The van der Waals surface area contributed by atoms with Crippen LogP contribution in [0.15, 0.2) is 63.1 Å². The fourth-order valence-electron chi connectivity index (χ4n) is 3.19. The Balaban J connectivity index is 1.84. The van der Waals surface area contributed by atoms with Crippen LogP contribution in [0.2, 0.25) is 0 Å². The molecule has 3 rings (SSSR count). The van der Waals surface area contributed by atoms with Crippen LogP contribution >= 0.6 is 11.8 Å². The van der Waals surface area contributed by atoms with E-state index in [0.717, 1.165) is 15.7 Å². The Hall–Kier alpha value is -3.70. The second-order valence-corrected chi connectivity index (χ2v) is 8.29. The van der Waals surface area contributed by atoms with Gasteiger partial charge < -0.3 is 10.4 Å². The van der Waals surface area contributed by atoms with Crippen molar-refractivity contribution in [1.82, 2.24) is 9.13 Å². The van der Waals surface area contributed by atoms with Gasteiger partial charge in [-0.2, -0.15) is 0 Å². The fourth-order valence-corrected chi connectivity index (χ4v) is 3.89. The number of rotatable bonds is 6. The lowest BCUT2D eigenvalue weighted by Gasteiger charge is -2.15. The van der Waals surface area contributed by atoms with Gasteiger partial charge in [-0.05, 0) is 49.4 Å². The van der Waals surface area contributed by atoms with Gasteiger partial charge >= 0.3 is 5.69 Å². The van der Waals surface area contributed by atoms with E-state index in [1.165, 1.54) is 35.5 Å². The number of hydrogen-bond donors (Lipinski definition) is 2. The maximum absolute atomic E-state index is 12.8. The van der Waals surface area contributed by atoms with Crippen LogP contribution < -0.4 is 16.6 Å². The third-order valence-electron chi connectivity index (χ3n) is 5.05. The van der Waals surface area contributed by atoms with E-state index in [2.05, 4.69) is 17.2 Å². The monoisotopic (exact) mass is 463 g/mol. The van der Waals surface area contributed by atoms with Crippen LogP contribution in [0, 0.1) is 18.8 Å². The molecule has 1 heterocycles. The van der Waals surface area contributed by atoms with Gasteiger partial charge in [0.2, 0.25) is 5.91 Å². The summed E-state index contributed by atoms with van der Waals surface area (Å²) in [6, 6.07) is 14.3. The maximum Gasteiger partial charge on any atom is 0.332 e. The molecule has 2 N–H and O–H groups in total. The van der Waals surface area contributed by atoms with Crippen molar-refractivity contribution in [3.05, 3.63) is 86.1 Å². The number of carbonyl (C=O) groups excluding carboxylic acids is 1. The van der Waals surface area contributed by atoms with Gasteiger partial charge in [0.15, 0.2) is 0 Å². The lowest BCUT2D eigenvalue weighted by Crippen LogP contribution is -2.41. The number of aryl methyl sites for hydroxylation is 2. The standard InChI is InChI=1S/C25H25N3O4S/c1-17-6-8-19(9-7-17)12-15-21(30)26-22-23(31)27(2)25(32)28(24(22)33-3)16-4-5-18-10-13-20(29)14-11-18/h6-11,13-14,29H,12,15-16H2,1-3H3,(H,26,30). The molecule has 2 aromatic carbocycles. The van der Waals surface area contributed by atoms with Crippen LogP contribution in [-0.4, -0.2) is 26.4 Å². The molecule has 8 heteroatoms. The smallest absolute Gasteiger partial charge is 0.332 e. The molecule has 0 bridgehead atoms. The third-order valence-corrected chi connectivity index (χ3v) is 5.86. The van der Waals surface area contributed by atoms with E-state index in [-0.39, 0.29) is 30.3 Å². The number of nitrogens with one attached hydrogen (secondary N) is 1. The molecular formula is C25H25N3O4S. The van der Waals surface area contributed by atoms with Crippen molar-refractivity contribution in [2.24, 2.45) is 7.05 Å². The molecule has 0 atom stereocenters. The average Bonchev–Trinajstić information content (AvgIpc) is 2.81. The fraction of sp³-hybridized carbons (Fsp3) is 0.240. The van der Waals surface area contributed by atoms with Crippen molar-refractivity contribution in [2.45, 2.75) is 31.3 Å². The van der Waals surface area contributed by atoms with E-state index in [1.54, 1.807) is 18.4 Å². The third kappa shape index (κ3) is 5.96. The highest BCUT2D eigenvalue weighted by atomic mass is 32.2. The number of hydrogen-bond acceptors (Lipinski definition) is 5. The van der Waals surface area contributed by atoms with Crippen molar-refractivity contribution in [3.63, 3.8) is 0 Å². The summed E-state index contributed by atoms with van der Waals surface area (Å²) < 4.78 is 2.34. The van der Waals surface area contributed by atoms with Crippen LogP contribution in [0.25, 0.3) is 0 Å². The highest BCUT2D eigenvalue weighted by Gasteiger charge is 2.18. The molecule has 7 nitrogen and oxygen atoms in total. The average molecular weight is 464 g/mol. The number of amides is 1. The van der Waals surface area contributed by atoms with E-state index >= 15 is 0 Å². The minimum Gasteiger partial charge on any atom is -0.508 e. The quantitative estimate of drug-likeness (QED) is 0.333. The van der Waals surface area contributed by atoms with Crippen LogP contribution in [0.3, 0.4) is 0 Å². The molecule has 0 unspecified atom stereocenters. The normalized spacial score (nSPS) is 10.4. The van der Waals surface area contributed by atoms with Crippen LogP contribution in [0.5, 0.6) is 5.75 Å². The first-order valence-corrected chi connectivity index (χ1v) is 11.5. The topological polar surface area (TPSA) is 93.3 Å². The van der Waals surface area contributed by atoms with E-state index in [4.69, 9.17) is 0 Å². The van der Waals surface area contributed by atoms with Gasteiger partial charge in [0.1, 0.15) is 16.5 Å². The highest BCUT2D eigenvalue weighted by Crippen LogP contribution is 2.21. The highest BCUT2D eigenvalue weighted by molar-refractivity contribution is 7.98. The number of aromatic hydroxyl groups is 1. The number of aromatic nitrogens is 2. The second-order valence-electron chi connectivity index (χ2n) is 7.50. The Labute approximate surface area is 196 Å². The van der Waals surface area contributed by atoms with Crippen LogP contribution in [0.1, 0.15) is 23.1 Å². The second kappa shape index (κ2) is 10.7. The van der Waals surface area contributed by atoms with Gasteiger partial charge in [-0.15, -0.1) is 11.8 Å². The summed E-state index contributed by atoms with van der Waals surface area (Å²) in [5.41, 5.74) is 1.86. The van der Waals surface area contributed by atoms with Crippen LogP contribution in [-0.2, 0) is 24.8 Å². The zero-order valence-electron chi connectivity index (χ0n) is 18.7. The minimum absolute atomic E-state index is 0.0379. The molecule has 1 aromatic heterocycles. The van der Waals surface area contributed by atoms with Crippen LogP contribution in [0.4, 0.5) is 5.69 Å². The molecule has 1 amide bonds. The van der Waals surface area contributed by atoms with Gasteiger partial charge in [-0.1, -0.05) is 41.7 Å². The number of phenolic OH excluding ortho intramolecular Hbond substituents is 1. The van der Waals surface area contributed by atoms with Gasteiger partial charge in [-0.25, -0.2) is 4.79 Å². The Morgan fingerprint density at radius 3 is 2.39 bits per heavy atom. The molecule has 0 fully saturated rings. The van der Waals surface area contributed by atoms with Gasteiger partial charge in [-0.3, -0.25) is 18.7 Å². The zero-order chi connectivity index (χ0) is 24.0. The first-order valence-electron chi connectivity index (χ1n) is 10.3. The number of nitrogens with zero attached hydrogens (tertiary/aromatic N) is 2. The molecule has 0 aliphatic rings. The molecular weight excluding hydrogens is 438 g/mol. The first kappa shape index (κ1) is 24.0. The SMILES string of the molecule is CSc1c(NC(=O)CCc2ccc(C)cc2)c(=O)n(C)c(=O)n1CC#Cc1ccc(O)cc1. The lowest BCUT2D eigenvalue weighted by molar-refractivity contribution is -0.116. The minimum atomic E-state index is -0.559. The van der Waals surface area contributed by atoms with Crippen molar-refractivity contribution in [3.8, 4) is 17.6 Å². The maximum atomic E-state index is 12.8. The summed E-state index contributed by atoms with van der Waals surface area (Å²) in [6.07, 6.45) is 2.48. The molecule has 0 aliphatic heterocycles.